The van der Waals surface area contributed by atoms with E-state index in [1.54, 1.807) is 0 Å². The molecule has 4 aliphatic rings. The number of carbonyl (C=O) groups excluding carboxylic acids is 4. The van der Waals surface area contributed by atoms with E-state index in [-0.39, 0.29) is 82.0 Å². The lowest BCUT2D eigenvalue weighted by molar-refractivity contribution is -0.215. The molecule has 3 aromatic rings. The van der Waals surface area contributed by atoms with Crippen molar-refractivity contribution in [2.75, 3.05) is 5.75 Å². The highest BCUT2D eigenvalue weighted by Crippen LogP contribution is 2.66. The van der Waals surface area contributed by atoms with E-state index in [0.717, 1.165) is 0 Å². The second-order valence-corrected chi connectivity index (χ2v) is 20.4. The molecule has 0 spiro atoms. The van der Waals surface area contributed by atoms with Crippen molar-refractivity contribution in [2.45, 2.75) is 106 Å². The van der Waals surface area contributed by atoms with E-state index < -0.39 is 46.0 Å². The number of carbonyl (C=O) groups is 4. The highest BCUT2D eigenvalue weighted by Gasteiger charge is 2.66. The molecule has 0 N–H and O–H groups in total. The van der Waals surface area contributed by atoms with E-state index in [2.05, 4.69) is 103 Å². The van der Waals surface area contributed by atoms with Crippen LogP contribution >= 0.6 is 0 Å². The number of hydrogen-bond acceptors (Lipinski definition) is 8. The van der Waals surface area contributed by atoms with E-state index in [9.17, 15) is 45.3 Å². The van der Waals surface area contributed by atoms with Gasteiger partial charge < -0.3 is 9.29 Å². The van der Waals surface area contributed by atoms with Gasteiger partial charge in [0.1, 0.15) is 17.3 Å². The van der Waals surface area contributed by atoms with E-state index >= 15 is 0 Å². The first-order valence-corrected chi connectivity index (χ1v) is 22.8. The van der Waals surface area contributed by atoms with Gasteiger partial charge in [-0.05, 0) is 97.1 Å². The van der Waals surface area contributed by atoms with Gasteiger partial charge in [0.05, 0.1) is 26.8 Å². The third-order valence-corrected chi connectivity index (χ3v) is 16.6. The van der Waals surface area contributed by atoms with Gasteiger partial charge in [-0.3, -0.25) is 19.2 Å². The van der Waals surface area contributed by atoms with Crippen molar-refractivity contribution < 1.29 is 50.1 Å². The molecular formula is C45H51F3O8S2. The average Bonchev–Trinajstić information content (AvgIpc) is 3.54. The zero-order chi connectivity index (χ0) is 42.0. The molecule has 312 valence electrons. The monoisotopic (exact) mass is 840 g/mol. The lowest BCUT2D eigenvalue weighted by Gasteiger charge is -2.58. The van der Waals surface area contributed by atoms with Crippen LogP contribution in [0.25, 0.3) is 0 Å². The molecule has 0 radical (unpaired) electrons. The number of esters is 1. The molecule has 0 amide bonds. The molecule has 3 aromatic carbocycles. The topological polar surface area (TPSA) is 135 Å². The second-order valence-electron chi connectivity index (χ2n) is 17.0. The number of Topliss-reactive ketones (excluding diaryl/α,β-unsaturated/α-hetero) is 3. The maximum Gasteiger partial charge on any atom is 0.426 e. The molecule has 0 aromatic heterocycles. The third kappa shape index (κ3) is 9.31. The minimum atomic E-state index is -5.28. The lowest BCUT2D eigenvalue weighted by atomic mass is 9.44. The summed E-state index contributed by atoms with van der Waals surface area (Å²) >= 11 is 0. The fourth-order valence-electron chi connectivity index (χ4n) is 10.6. The zero-order valence-electron chi connectivity index (χ0n) is 33.0. The van der Waals surface area contributed by atoms with Crippen LogP contribution in [-0.2, 0) is 44.9 Å². The van der Waals surface area contributed by atoms with E-state index in [0.29, 0.717) is 38.5 Å². The number of halogens is 3. The van der Waals surface area contributed by atoms with Crippen LogP contribution in [0.5, 0.6) is 0 Å². The first-order valence-electron chi connectivity index (χ1n) is 20.0. The molecule has 0 bridgehead atoms. The van der Waals surface area contributed by atoms with Gasteiger partial charge >= 0.3 is 12.1 Å². The number of ketones is 3. The molecule has 13 heteroatoms. The number of fused-ring (bicyclic) bond motifs is 5. The summed E-state index contributed by atoms with van der Waals surface area (Å²) in [6.07, 6.45) is -5.15. The number of alkyl halides is 3. The molecular weight excluding hydrogens is 790 g/mol. The van der Waals surface area contributed by atoms with Crippen molar-refractivity contribution in [2.24, 2.45) is 46.3 Å². The highest BCUT2D eigenvalue weighted by atomic mass is 32.2. The van der Waals surface area contributed by atoms with Crippen molar-refractivity contribution in [3.63, 3.8) is 0 Å². The second kappa shape index (κ2) is 17.4. The van der Waals surface area contributed by atoms with Gasteiger partial charge in [-0.2, -0.15) is 13.2 Å². The van der Waals surface area contributed by atoms with Crippen LogP contribution in [0.4, 0.5) is 13.2 Å². The van der Waals surface area contributed by atoms with Gasteiger partial charge in [-0.1, -0.05) is 75.4 Å². The van der Waals surface area contributed by atoms with Crippen molar-refractivity contribution in [1.82, 2.24) is 0 Å². The maximum absolute atomic E-state index is 13.8. The smallest absolute Gasteiger partial charge is 0.426 e. The standard InChI is InChI=1S/C27H37F3O8S.C18H15S/c1-14(4-7-23(34)38-22(27(28,29)30)13-39(35,36)37)17-5-6-18-24-19(12-21(33)26(17,18)3)25(2)9-8-16(31)10-15(25)11-20(24)32;1-4-10-16(11-5-1)19(17-12-6-2-7-13-17)18-14-8-3-9-15-18/h14-15,17-19,22,24H,4-13H2,1-3H3,(H,35,36,37);1-15H/q;+1/p-1/t14?,15-,17-,18+,19+,22?,24-,25-,26+;/m0./s1. The van der Waals surface area contributed by atoms with Crippen LogP contribution < -0.4 is 0 Å². The molecule has 0 heterocycles. The minimum Gasteiger partial charge on any atom is -0.748 e. The van der Waals surface area contributed by atoms with E-state index in [4.69, 9.17) is 0 Å². The molecule has 4 aliphatic carbocycles. The van der Waals surface area contributed by atoms with Crippen molar-refractivity contribution in [1.29, 1.82) is 0 Å². The molecule has 0 aliphatic heterocycles. The number of benzene rings is 3. The summed E-state index contributed by atoms with van der Waals surface area (Å²) in [5.74, 6) is -3.83. The summed E-state index contributed by atoms with van der Waals surface area (Å²) in [5, 5.41) is 0. The van der Waals surface area contributed by atoms with Crippen LogP contribution in [0.1, 0.15) is 78.6 Å². The molecule has 9 atom stereocenters. The minimum absolute atomic E-state index is 0.0146. The predicted molar refractivity (Wildman–Crippen MR) is 211 cm³/mol. The molecule has 4 saturated carbocycles. The average molecular weight is 841 g/mol. The van der Waals surface area contributed by atoms with Gasteiger partial charge in [0.25, 0.3) is 0 Å². The Kier molecular flexibility index (Phi) is 13.1. The van der Waals surface area contributed by atoms with E-state index in [1.165, 1.54) is 14.7 Å². The Morgan fingerprint density at radius 2 is 1.38 bits per heavy atom. The highest BCUT2D eigenvalue weighted by molar-refractivity contribution is 7.97. The molecule has 8 nitrogen and oxygen atoms in total. The summed E-state index contributed by atoms with van der Waals surface area (Å²) in [4.78, 5) is 55.7. The summed E-state index contributed by atoms with van der Waals surface area (Å²) in [6, 6.07) is 32.2. The predicted octanol–water partition coefficient (Wildman–Crippen LogP) is 8.79. The van der Waals surface area contributed by atoms with Crippen molar-refractivity contribution in [3.05, 3.63) is 91.0 Å². The first kappa shape index (κ1) is 43.8. The van der Waals surface area contributed by atoms with Gasteiger partial charge in [-0.15, -0.1) is 0 Å². The summed E-state index contributed by atoms with van der Waals surface area (Å²) in [6.45, 7) is 5.83. The Hall–Kier alpha value is -3.81. The SMILES string of the molecule is CC(CCC(=O)OC(CS(=O)(=O)[O-])C(F)(F)F)[C@@H]1CC[C@@H]2[C@@H]3C(=O)C[C@@H]4CC(=O)CC[C@]4(C)[C@@H]3CC(=O)[C@@]21C.c1ccc([S+](c2ccccc2)c2ccccc2)cc1. The fourth-order valence-corrected chi connectivity index (χ4v) is 13.3. The third-order valence-electron chi connectivity index (χ3n) is 13.6. The van der Waals surface area contributed by atoms with Crippen LogP contribution in [0.3, 0.4) is 0 Å². The Morgan fingerprint density at radius 3 is 1.88 bits per heavy atom. The molecule has 4 fully saturated rings. The Morgan fingerprint density at radius 1 is 0.845 bits per heavy atom. The largest absolute Gasteiger partial charge is 0.748 e. The first-order chi connectivity index (χ1) is 27.3. The van der Waals surface area contributed by atoms with Gasteiger partial charge in [0.15, 0.2) is 14.7 Å². The molecule has 7 rings (SSSR count). The molecule has 0 saturated heterocycles. The lowest BCUT2D eigenvalue weighted by Crippen LogP contribution is -2.60. The van der Waals surface area contributed by atoms with Crippen LogP contribution in [0, 0.1) is 46.3 Å². The molecule has 58 heavy (non-hydrogen) atoms. The van der Waals surface area contributed by atoms with Gasteiger partial charge in [0.2, 0.25) is 6.10 Å². The number of rotatable bonds is 10. The number of hydrogen-bond donors (Lipinski definition) is 0. The zero-order valence-corrected chi connectivity index (χ0v) is 34.6. The Labute approximate surface area is 341 Å². The number of ether oxygens (including phenoxy) is 1. The van der Waals surface area contributed by atoms with Crippen molar-refractivity contribution >= 4 is 44.3 Å². The Balaban J connectivity index is 0.000000247. The van der Waals surface area contributed by atoms with Gasteiger partial charge in [0, 0.05) is 43.4 Å². The summed E-state index contributed by atoms with van der Waals surface area (Å²) < 4.78 is 76.1. The van der Waals surface area contributed by atoms with Crippen LogP contribution in [-0.4, -0.2) is 54.3 Å². The normalized spacial score (nSPS) is 29.3. The quantitative estimate of drug-likeness (QED) is 0.112. The molecule has 2 unspecified atom stereocenters. The van der Waals surface area contributed by atoms with Crippen molar-refractivity contribution in [3.8, 4) is 0 Å². The van der Waals surface area contributed by atoms with Crippen LogP contribution in [0.2, 0.25) is 0 Å². The van der Waals surface area contributed by atoms with E-state index in [1.807, 2.05) is 13.8 Å². The summed E-state index contributed by atoms with van der Waals surface area (Å²) in [5.41, 5.74) is -1.05. The van der Waals surface area contributed by atoms with Crippen LogP contribution in [0.15, 0.2) is 106 Å². The van der Waals surface area contributed by atoms with Gasteiger partial charge in [-0.25, -0.2) is 8.42 Å². The summed E-state index contributed by atoms with van der Waals surface area (Å²) in [7, 11) is -5.30. The fraction of sp³-hybridized carbons (Fsp3) is 0.511. The maximum atomic E-state index is 13.8. The Bertz CT molecular complexity index is 1970.